The van der Waals surface area contributed by atoms with Crippen molar-refractivity contribution in [2.45, 2.75) is 13.5 Å². The molecule has 3 aromatic heterocycles. The molecule has 0 aliphatic rings. The van der Waals surface area contributed by atoms with E-state index >= 15 is 0 Å². The Labute approximate surface area is 115 Å². The predicted octanol–water partition coefficient (Wildman–Crippen LogP) is 1.35. The monoisotopic (exact) mass is 269 g/mol. The Kier molecular flexibility index (Phi) is 2.98. The van der Waals surface area contributed by atoms with Gasteiger partial charge < -0.3 is 5.32 Å². The summed E-state index contributed by atoms with van der Waals surface area (Å²) in [6.45, 7) is 2.43. The molecule has 3 aromatic rings. The van der Waals surface area contributed by atoms with E-state index < -0.39 is 0 Å². The summed E-state index contributed by atoms with van der Waals surface area (Å²) in [4.78, 5) is 16.4. The summed E-state index contributed by atoms with van der Waals surface area (Å²) in [6.07, 6.45) is 3.62. The maximum Gasteiger partial charge on any atom is 0.258 e. The first-order chi connectivity index (χ1) is 9.63. The van der Waals surface area contributed by atoms with Gasteiger partial charge in [-0.15, -0.1) is 0 Å². The Balaban J connectivity index is 1.88. The number of nitrogens with one attached hydrogen (secondary N) is 1. The van der Waals surface area contributed by atoms with Gasteiger partial charge in [-0.25, -0.2) is 4.98 Å². The molecule has 0 radical (unpaired) electrons. The van der Waals surface area contributed by atoms with Gasteiger partial charge in [0.05, 0.1) is 23.6 Å². The maximum atomic E-state index is 12.0. The fraction of sp³-hybridized carbons (Fsp3) is 0.214. The van der Waals surface area contributed by atoms with E-state index in [0.717, 1.165) is 11.4 Å². The van der Waals surface area contributed by atoms with Gasteiger partial charge >= 0.3 is 0 Å². The summed E-state index contributed by atoms with van der Waals surface area (Å²) >= 11 is 0. The van der Waals surface area contributed by atoms with Gasteiger partial charge in [0.2, 0.25) is 0 Å². The highest BCUT2D eigenvalue weighted by molar-refractivity contribution is 5.46. The van der Waals surface area contributed by atoms with Crippen LogP contribution in [0.15, 0.2) is 41.5 Å². The molecule has 0 spiro atoms. The minimum atomic E-state index is -0.0738. The minimum Gasteiger partial charge on any atom is -0.377 e. The molecule has 0 saturated heterocycles. The quantitative estimate of drug-likeness (QED) is 0.779. The zero-order chi connectivity index (χ0) is 14.1. The molecular formula is C14H15N5O. The molecule has 6 nitrogen and oxygen atoms in total. The summed E-state index contributed by atoms with van der Waals surface area (Å²) < 4.78 is 3.28. The van der Waals surface area contributed by atoms with Crippen molar-refractivity contribution in [3.8, 4) is 0 Å². The average molecular weight is 269 g/mol. The Morgan fingerprint density at radius 3 is 2.95 bits per heavy atom. The van der Waals surface area contributed by atoms with Crippen LogP contribution in [-0.2, 0) is 13.6 Å². The number of aryl methyl sites for hydroxylation is 2. The molecule has 0 fully saturated rings. The molecule has 0 saturated carbocycles. The first-order valence-corrected chi connectivity index (χ1v) is 6.35. The number of pyridine rings is 1. The summed E-state index contributed by atoms with van der Waals surface area (Å²) in [6, 6.07) is 7.04. The Hall–Kier alpha value is -2.63. The van der Waals surface area contributed by atoms with Crippen LogP contribution in [0, 0.1) is 6.92 Å². The highest BCUT2D eigenvalue weighted by atomic mass is 16.1. The lowest BCUT2D eigenvalue weighted by molar-refractivity contribution is 0.756. The van der Waals surface area contributed by atoms with E-state index in [0.29, 0.717) is 17.9 Å². The van der Waals surface area contributed by atoms with E-state index in [1.165, 1.54) is 4.40 Å². The van der Waals surface area contributed by atoms with Crippen molar-refractivity contribution < 1.29 is 0 Å². The van der Waals surface area contributed by atoms with Gasteiger partial charge in [-0.1, -0.05) is 6.07 Å². The Morgan fingerprint density at radius 2 is 2.20 bits per heavy atom. The topological polar surface area (TPSA) is 64.2 Å². The third-order valence-corrected chi connectivity index (χ3v) is 3.10. The number of hydrogen-bond donors (Lipinski definition) is 1. The van der Waals surface area contributed by atoms with Crippen LogP contribution >= 0.6 is 0 Å². The third-order valence-electron chi connectivity index (χ3n) is 3.10. The van der Waals surface area contributed by atoms with Gasteiger partial charge in [0.15, 0.2) is 0 Å². The van der Waals surface area contributed by atoms with Crippen LogP contribution in [0.3, 0.4) is 0 Å². The van der Waals surface area contributed by atoms with E-state index in [9.17, 15) is 4.79 Å². The number of fused-ring (bicyclic) bond motifs is 1. The van der Waals surface area contributed by atoms with Crippen molar-refractivity contribution in [3.63, 3.8) is 0 Å². The molecule has 6 heteroatoms. The van der Waals surface area contributed by atoms with Crippen molar-refractivity contribution in [1.82, 2.24) is 19.2 Å². The molecule has 3 heterocycles. The van der Waals surface area contributed by atoms with Gasteiger partial charge in [-0.2, -0.15) is 5.10 Å². The molecule has 0 aliphatic heterocycles. The van der Waals surface area contributed by atoms with Crippen LogP contribution in [0.4, 0.5) is 5.69 Å². The van der Waals surface area contributed by atoms with Crippen molar-refractivity contribution >= 4 is 11.3 Å². The number of rotatable bonds is 3. The summed E-state index contributed by atoms with van der Waals surface area (Å²) in [5.74, 6) is 0. The SMILES string of the molecule is Cc1nn(C)cc1NCc1cc(=O)n2ccccc2n1. The molecular weight excluding hydrogens is 254 g/mol. The maximum absolute atomic E-state index is 12.0. The molecule has 0 bridgehead atoms. The molecule has 102 valence electrons. The second-order valence-electron chi connectivity index (χ2n) is 4.67. The minimum absolute atomic E-state index is 0.0738. The molecule has 0 aliphatic carbocycles. The molecule has 20 heavy (non-hydrogen) atoms. The first kappa shape index (κ1) is 12.4. The first-order valence-electron chi connectivity index (χ1n) is 6.35. The smallest absolute Gasteiger partial charge is 0.258 e. The van der Waals surface area contributed by atoms with Crippen molar-refractivity contribution in [1.29, 1.82) is 0 Å². The number of aromatic nitrogens is 4. The van der Waals surface area contributed by atoms with E-state index in [1.54, 1.807) is 16.9 Å². The number of nitrogens with zero attached hydrogens (tertiary/aromatic N) is 4. The van der Waals surface area contributed by atoms with Crippen molar-refractivity contribution in [2.75, 3.05) is 5.32 Å². The van der Waals surface area contributed by atoms with Crippen LogP contribution in [-0.4, -0.2) is 19.2 Å². The van der Waals surface area contributed by atoms with Gasteiger partial charge in [-0.3, -0.25) is 13.9 Å². The lowest BCUT2D eigenvalue weighted by atomic mass is 10.3. The summed E-state index contributed by atoms with van der Waals surface area (Å²) in [7, 11) is 1.87. The van der Waals surface area contributed by atoms with Gasteiger partial charge in [0.1, 0.15) is 5.65 Å². The van der Waals surface area contributed by atoms with Crippen LogP contribution < -0.4 is 10.9 Å². The molecule has 0 aromatic carbocycles. The number of anilines is 1. The molecule has 1 N–H and O–H groups in total. The zero-order valence-electron chi connectivity index (χ0n) is 11.4. The van der Waals surface area contributed by atoms with Crippen LogP contribution in [0.1, 0.15) is 11.4 Å². The summed E-state index contributed by atoms with van der Waals surface area (Å²) in [5.41, 5.74) is 3.16. The fourth-order valence-electron chi connectivity index (χ4n) is 2.15. The summed E-state index contributed by atoms with van der Waals surface area (Å²) in [5, 5.41) is 7.51. The van der Waals surface area contributed by atoms with Crippen LogP contribution in [0.5, 0.6) is 0 Å². The normalized spacial score (nSPS) is 10.9. The van der Waals surface area contributed by atoms with E-state index in [2.05, 4.69) is 15.4 Å². The van der Waals surface area contributed by atoms with E-state index in [1.807, 2.05) is 38.4 Å². The second kappa shape index (κ2) is 4.80. The van der Waals surface area contributed by atoms with Crippen LogP contribution in [0.2, 0.25) is 0 Å². The lowest BCUT2D eigenvalue weighted by Crippen LogP contribution is -2.16. The predicted molar refractivity (Wildman–Crippen MR) is 76.7 cm³/mol. The van der Waals surface area contributed by atoms with E-state index in [4.69, 9.17) is 0 Å². The highest BCUT2D eigenvalue weighted by Crippen LogP contribution is 2.12. The van der Waals surface area contributed by atoms with Gasteiger partial charge in [0, 0.05) is 25.5 Å². The molecule has 3 rings (SSSR count). The van der Waals surface area contributed by atoms with Crippen molar-refractivity contribution in [2.24, 2.45) is 7.05 Å². The molecule has 0 amide bonds. The van der Waals surface area contributed by atoms with Gasteiger partial charge in [0.25, 0.3) is 5.56 Å². The zero-order valence-corrected chi connectivity index (χ0v) is 11.4. The van der Waals surface area contributed by atoms with Crippen molar-refractivity contribution in [3.05, 3.63) is 58.4 Å². The molecule has 0 atom stereocenters. The standard InChI is InChI=1S/C14H15N5O/c1-10-12(9-18(2)17-10)15-8-11-7-14(20)19-6-4-3-5-13(19)16-11/h3-7,9,15H,8H2,1-2H3. The van der Waals surface area contributed by atoms with Crippen LogP contribution in [0.25, 0.3) is 5.65 Å². The van der Waals surface area contributed by atoms with Gasteiger partial charge in [-0.05, 0) is 19.1 Å². The number of hydrogen-bond acceptors (Lipinski definition) is 4. The fourth-order valence-corrected chi connectivity index (χ4v) is 2.15. The largest absolute Gasteiger partial charge is 0.377 e. The highest BCUT2D eigenvalue weighted by Gasteiger charge is 2.05. The Bertz CT molecular complexity index is 818. The average Bonchev–Trinajstić information content (AvgIpc) is 2.75. The molecule has 0 unspecified atom stereocenters. The second-order valence-corrected chi connectivity index (χ2v) is 4.67. The van der Waals surface area contributed by atoms with E-state index in [-0.39, 0.29) is 5.56 Å². The lowest BCUT2D eigenvalue weighted by Gasteiger charge is -2.06. The third kappa shape index (κ3) is 2.27. The Morgan fingerprint density at radius 1 is 1.35 bits per heavy atom.